The molecule has 0 atom stereocenters. The number of nitrogens with zero attached hydrogens (tertiary/aromatic N) is 1. The lowest BCUT2D eigenvalue weighted by molar-refractivity contribution is -0.222. The molecule has 1 fully saturated rings. The van der Waals surface area contributed by atoms with Crippen LogP contribution in [0.25, 0.3) is 0 Å². The van der Waals surface area contributed by atoms with Crippen LogP contribution in [0.3, 0.4) is 0 Å². The molecule has 2 rings (SSSR count). The fraction of sp³-hybridized carbons (Fsp3) is 0.533. The number of carboxylic acid groups (broad SMARTS) is 1. The number of hydrogen-bond acceptors (Lipinski definition) is 6. The standard InChI is InChI=1S/C15H16ClF3N2O6/c1-7(2)27-12-8(15(17,18)19)3-9(16)11(21-12)20-10(22)4-26-14(13(23)24)5-25-6-14/h3,7H,4-6H2,1-2H3,(H,23,24)(H,20,21,22). The number of aliphatic carboxylic acids is 1. The van der Waals surface area contributed by atoms with E-state index in [1.54, 1.807) is 0 Å². The van der Waals surface area contributed by atoms with E-state index in [9.17, 15) is 22.8 Å². The molecule has 1 saturated heterocycles. The number of hydrogen-bond donors (Lipinski definition) is 2. The fourth-order valence-electron chi connectivity index (χ4n) is 2.00. The smallest absolute Gasteiger partial charge is 0.421 e. The third-order valence-corrected chi connectivity index (χ3v) is 3.68. The summed E-state index contributed by atoms with van der Waals surface area (Å²) in [6.07, 6.45) is -5.37. The number of aromatic nitrogens is 1. The van der Waals surface area contributed by atoms with Gasteiger partial charge in [0, 0.05) is 0 Å². The van der Waals surface area contributed by atoms with E-state index in [1.807, 2.05) is 0 Å². The van der Waals surface area contributed by atoms with E-state index >= 15 is 0 Å². The minimum Gasteiger partial charge on any atom is -0.479 e. The summed E-state index contributed by atoms with van der Waals surface area (Å²) in [5.74, 6) is -3.26. The van der Waals surface area contributed by atoms with Gasteiger partial charge in [0.15, 0.2) is 5.82 Å². The highest BCUT2D eigenvalue weighted by Crippen LogP contribution is 2.39. The lowest BCUT2D eigenvalue weighted by Gasteiger charge is -2.36. The number of rotatable bonds is 7. The van der Waals surface area contributed by atoms with Crippen LogP contribution < -0.4 is 10.1 Å². The van der Waals surface area contributed by atoms with E-state index in [2.05, 4.69) is 10.3 Å². The SMILES string of the molecule is CC(C)Oc1nc(NC(=O)COC2(C(=O)O)COC2)c(Cl)cc1C(F)(F)F. The van der Waals surface area contributed by atoms with Crippen LogP contribution >= 0.6 is 11.6 Å². The van der Waals surface area contributed by atoms with Crippen LogP contribution in [0.4, 0.5) is 19.0 Å². The quantitative estimate of drug-likeness (QED) is 0.707. The van der Waals surface area contributed by atoms with Crippen LogP contribution in [0.1, 0.15) is 19.4 Å². The minimum absolute atomic E-state index is 0.221. The maximum atomic E-state index is 13.1. The Hall–Kier alpha value is -2.11. The van der Waals surface area contributed by atoms with Crippen molar-refractivity contribution in [3.63, 3.8) is 0 Å². The molecule has 0 bridgehead atoms. The average Bonchev–Trinajstić information content (AvgIpc) is 2.47. The lowest BCUT2D eigenvalue weighted by Crippen LogP contribution is -2.58. The van der Waals surface area contributed by atoms with E-state index in [4.69, 9.17) is 30.9 Å². The van der Waals surface area contributed by atoms with Crippen molar-refractivity contribution >= 4 is 29.3 Å². The van der Waals surface area contributed by atoms with Crippen molar-refractivity contribution in [3.05, 3.63) is 16.7 Å². The zero-order valence-corrected chi connectivity index (χ0v) is 15.0. The zero-order chi connectivity index (χ0) is 20.4. The largest absolute Gasteiger partial charge is 0.479 e. The van der Waals surface area contributed by atoms with Crippen molar-refractivity contribution in [2.75, 3.05) is 25.1 Å². The first-order valence-electron chi connectivity index (χ1n) is 7.64. The number of alkyl halides is 3. The molecule has 0 aromatic carbocycles. The van der Waals surface area contributed by atoms with Gasteiger partial charge in [-0.15, -0.1) is 0 Å². The Kier molecular flexibility index (Phi) is 6.17. The number of carbonyl (C=O) groups is 2. The third kappa shape index (κ3) is 4.99. The molecular weight excluding hydrogens is 397 g/mol. The zero-order valence-electron chi connectivity index (χ0n) is 14.2. The molecule has 2 N–H and O–H groups in total. The molecule has 1 aromatic rings. The molecule has 1 amide bonds. The van der Waals surface area contributed by atoms with E-state index < -0.39 is 52.8 Å². The highest BCUT2D eigenvalue weighted by Gasteiger charge is 2.48. The summed E-state index contributed by atoms with van der Waals surface area (Å²) in [6.45, 7) is 1.89. The van der Waals surface area contributed by atoms with Gasteiger partial charge in [0.1, 0.15) is 12.2 Å². The molecule has 1 aromatic heterocycles. The molecule has 12 heteroatoms. The molecule has 0 radical (unpaired) electrons. The van der Waals surface area contributed by atoms with Crippen LogP contribution in [-0.4, -0.2) is 53.5 Å². The number of pyridine rings is 1. The van der Waals surface area contributed by atoms with Gasteiger partial charge in [-0.25, -0.2) is 4.79 Å². The van der Waals surface area contributed by atoms with Crippen molar-refractivity contribution in [3.8, 4) is 5.88 Å². The third-order valence-electron chi connectivity index (χ3n) is 3.39. The van der Waals surface area contributed by atoms with Gasteiger partial charge in [-0.1, -0.05) is 11.6 Å². The van der Waals surface area contributed by atoms with Gasteiger partial charge in [0.05, 0.1) is 24.3 Å². The Bertz CT molecular complexity index is 737. The second-order valence-electron chi connectivity index (χ2n) is 5.96. The number of amides is 1. The summed E-state index contributed by atoms with van der Waals surface area (Å²) in [5.41, 5.74) is -2.81. The number of carbonyl (C=O) groups excluding carboxylic acids is 1. The number of nitrogens with one attached hydrogen (secondary N) is 1. The van der Waals surface area contributed by atoms with Crippen molar-refractivity contribution in [2.24, 2.45) is 0 Å². The van der Waals surface area contributed by atoms with Crippen molar-refractivity contribution < 1.29 is 42.1 Å². The molecular formula is C15H16ClF3N2O6. The van der Waals surface area contributed by atoms with Gasteiger partial charge >= 0.3 is 12.1 Å². The normalized spacial score (nSPS) is 16.0. The monoisotopic (exact) mass is 412 g/mol. The van der Waals surface area contributed by atoms with Gasteiger partial charge in [-0.05, 0) is 19.9 Å². The van der Waals surface area contributed by atoms with Crippen molar-refractivity contribution in [1.82, 2.24) is 4.98 Å². The molecule has 0 aliphatic carbocycles. The Morgan fingerprint density at radius 1 is 1.44 bits per heavy atom. The van der Waals surface area contributed by atoms with Crippen molar-refractivity contribution in [1.29, 1.82) is 0 Å². The van der Waals surface area contributed by atoms with E-state index in [0.29, 0.717) is 6.07 Å². The lowest BCUT2D eigenvalue weighted by atomic mass is 10.0. The topological polar surface area (TPSA) is 107 Å². The predicted octanol–water partition coefficient (Wildman–Crippen LogP) is 2.35. The first kappa shape index (κ1) is 21.2. The molecule has 8 nitrogen and oxygen atoms in total. The van der Waals surface area contributed by atoms with Crippen LogP contribution in [-0.2, 0) is 25.2 Å². The summed E-state index contributed by atoms with van der Waals surface area (Å²) in [6, 6.07) is 0.585. The van der Waals surface area contributed by atoms with E-state index in [-0.39, 0.29) is 19.0 Å². The Morgan fingerprint density at radius 2 is 2.07 bits per heavy atom. The highest BCUT2D eigenvalue weighted by atomic mass is 35.5. The van der Waals surface area contributed by atoms with Gasteiger partial charge in [-0.2, -0.15) is 18.2 Å². The molecule has 0 saturated carbocycles. The number of ether oxygens (including phenoxy) is 3. The molecule has 1 aliphatic heterocycles. The van der Waals surface area contributed by atoms with Crippen LogP contribution in [0, 0.1) is 0 Å². The molecule has 2 heterocycles. The van der Waals surface area contributed by atoms with Crippen LogP contribution in [0.15, 0.2) is 6.07 Å². The van der Waals surface area contributed by atoms with Gasteiger partial charge in [0.2, 0.25) is 11.5 Å². The first-order chi connectivity index (χ1) is 12.4. The Labute approximate surface area is 156 Å². The summed E-state index contributed by atoms with van der Waals surface area (Å²) in [7, 11) is 0. The Balaban J connectivity index is 2.15. The van der Waals surface area contributed by atoms with Gasteiger partial charge in [0.25, 0.3) is 5.91 Å². The van der Waals surface area contributed by atoms with Crippen LogP contribution in [0.2, 0.25) is 5.02 Å². The second kappa shape index (κ2) is 7.87. The summed E-state index contributed by atoms with van der Waals surface area (Å²) in [5, 5.41) is 10.8. The molecule has 27 heavy (non-hydrogen) atoms. The second-order valence-corrected chi connectivity index (χ2v) is 6.37. The first-order valence-corrected chi connectivity index (χ1v) is 8.02. The maximum Gasteiger partial charge on any atom is 0.421 e. The number of carboxylic acids is 1. The number of halogens is 4. The number of anilines is 1. The molecule has 0 spiro atoms. The summed E-state index contributed by atoms with van der Waals surface area (Å²) in [4.78, 5) is 26.7. The maximum absolute atomic E-state index is 13.1. The van der Waals surface area contributed by atoms with Gasteiger partial charge < -0.3 is 24.6 Å². The predicted molar refractivity (Wildman–Crippen MR) is 85.8 cm³/mol. The highest BCUT2D eigenvalue weighted by molar-refractivity contribution is 6.33. The summed E-state index contributed by atoms with van der Waals surface area (Å²) >= 11 is 5.78. The van der Waals surface area contributed by atoms with E-state index in [0.717, 1.165) is 0 Å². The minimum atomic E-state index is -4.76. The molecule has 150 valence electrons. The van der Waals surface area contributed by atoms with Crippen LogP contribution in [0.5, 0.6) is 5.88 Å². The van der Waals surface area contributed by atoms with Gasteiger partial charge in [-0.3, -0.25) is 4.79 Å². The fourth-order valence-corrected chi connectivity index (χ4v) is 2.20. The van der Waals surface area contributed by atoms with Crippen molar-refractivity contribution in [2.45, 2.75) is 31.7 Å². The summed E-state index contributed by atoms with van der Waals surface area (Å²) < 4.78 is 54.2. The average molecular weight is 413 g/mol. The molecule has 1 aliphatic rings. The molecule has 0 unspecified atom stereocenters. The Morgan fingerprint density at radius 3 is 2.52 bits per heavy atom. The van der Waals surface area contributed by atoms with E-state index in [1.165, 1.54) is 13.8 Å².